The van der Waals surface area contributed by atoms with Crippen molar-refractivity contribution in [2.75, 3.05) is 13.7 Å². The molecule has 1 aromatic carbocycles. The van der Waals surface area contributed by atoms with Crippen molar-refractivity contribution in [2.24, 2.45) is 0 Å². The van der Waals surface area contributed by atoms with Gasteiger partial charge in [-0.25, -0.2) is 9.18 Å². The third-order valence-corrected chi connectivity index (χ3v) is 1.89. The Bertz CT molecular complexity index is 374. The first-order chi connectivity index (χ1) is 7.10. The highest BCUT2D eigenvalue weighted by Crippen LogP contribution is 2.23. The molecule has 0 aliphatic heterocycles. The number of methoxy groups -OCH3 is 1. The van der Waals surface area contributed by atoms with E-state index in [9.17, 15) is 9.18 Å². The average Bonchev–Trinajstić information content (AvgIpc) is 2.22. The lowest BCUT2D eigenvalue weighted by Gasteiger charge is -2.09. The quantitative estimate of drug-likeness (QED) is 0.721. The summed E-state index contributed by atoms with van der Waals surface area (Å²) in [7, 11) is 1.21. The number of benzene rings is 1. The molecule has 0 bridgehead atoms. The van der Waals surface area contributed by atoms with E-state index < -0.39 is 11.8 Å². The lowest BCUT2D eigenvalue weighted by Crippen LogP contribution is -2.07. The zero-order valence-electron chi connectivity index (χ0n) is 8.96. The minimum Gasteiger partial charge on any atom is -0.491 e. The Hall–Kier alpha value is -1.58. The Kier molecular flexibility index (Phi) is 3.66. The number of ether oxygens (including phenoxy) is 2. The molecule has 0 fully saturated rings. The van der Waals surface area contributed by atoms with E-state index in [2.05, 4.69) is 4.74 Å². The van der Waals surface area contributed by atoms with E-state index >= 15 is 0 Å². The lowest BCUT2D eigenvalue weighted by atomic mass is 10.1. The number of rotatable bonds is 3. The monoisotopic (exact) mass is 212 g/mol. The first-order valence-electron chi connectivity index (χ1n) is 4.61. The minimum absolute atomic E-state index is 0.0814. The van der Waals surface area contributed by atoms with Gasteiger partial charge in [0.05, 0.1) is 19.3 Å². The largest absolute Gasteiger partial charge is 0.491 e. The van der Waals surface area contributed by atoms with Crippen LogP contribution in [0.5, 0.6) is 5.75 Å². The van der Waals surface area contributed by atoms with Gasteiger partial charge in [-0.2, -0.15) is 0 Å². The Morgan fingerprint density at radius 3 is 2.67 bits per heavy atom. The van der Waals surface area contributed by atoms with Crippen LogP contribution in [-0.4, -0.2) is 19.7 Å². The molecule has 0 aliphatic carbocycles. The van der Waals surface area contributed by atoms with Gasteiger partial charge in [-0.15, -0.1) is 0 Å². The first kappa shape index (κ1) is 11.5. The maximum Gasteiger partial charge on any atom is 0.341 e. The van der Waals surface area contributed by atoms with Gasteiger partial charge in [-0.1, -0.05) is 0 Å². The van der Waals surface area contributed by atoms with E-state index in [0.717, 1.165) is 5.56 Å². The van der Waals surface area contributed by atoms with Gasteiger partial charge in [0.1, 0.15) is 0 Å². The number of halogens is 1. The molecule has 0 N–H and O–H groups in total. The number of aryl methyl sites for hydroxylation is 1. The van der Waals surface area contributed by atoms with Crippen LogP contribution in [0, 0.1) is 12.7 Å². The summed E-state index contributed by atoms with van der Waals surface area (Å²) in [6.07, 6.45) is 0. The van der Waals surface area contributed by atoms with Crippen LogP contribution in [0.15, 0.2) is 12.1 Å². The van der Waals surface area contributed by atoms with Gasteiger partial charge in [-0.05, 0) is 31.5 Å². The van der Waals surface area contributed by atoms with Gasteiger partial charge in [0.2, 0.25) is 0 Å². The standard InChI is InChI=1S/C11H13FO3/c1-4-15-9-6-7(2)5-8(10(9)12)11(13)14-3/h5-6H,4H2,1-3H3. The molecule has 82 valence electrons. The normalized spacial score (nSPS) is 9.87. The zero-order valence-corrected chi connectivity index (χ0v) is 8.96. The van der Waals surface area contributed by atoms with Crippen LogP contribution in [0.1, 0.15) is 22.8 Å². The number of hydrogen-bond acceptors (Lipinski definition) is 3. The fourth-order valence-corrected chi connectivity index (χ4v) is 1.25. The van der Waals surface area contributed by atoms with Gasteiger partial charge in [0, 0.05) is 0 Å². The predicted octanol–water partition coefficient (Wildman–Crippen LogP) is 2.32. The summed E-state index contributed by atoms with van der Waals surface area (Å²) in [5, 5.41) is 0. The van der Waals surface area contributed by atoms with Crippen molar-refractivity contribution in [1.82, 2.24) is 0 Å². The van der Waals surface area contributed by atoms with Gasteiger partial charge in [-0.3, -0.25) is 0 Å². The van der Waals surface area contributed by atoms with Crippen molar-refractivity contribution in [3.8, 4) is 5.75 Å². The zero-order chi connectivity index (χ0) is 11.4. The highest BCUT2D eigenvalue weighted by molar-refractivity contribution is 5.90. The second-order valence-corrected chi connectivity index (χ2v) is 3.05. The van der Waals surface area contributed by atoms with Crippen molar-refractivity contribution in [3.05, 3.63) is 29.1 Å². The molecule has 0 aliphatic rings. The Morgan fingerprint density at radius 1 is 1.47 bits per heavy atom. The summed E-state index contributed by atoms with van der Waals surface area (Å²) < 4.78 is 23.2. The maximum absolute atomic E-state index is 13.7. The number of hydrogen-bond donors (Lipinski definition) is 0. The smallest absolute Gasteiger partial charge is 0.341 e. The molecule has 1 rings (SSSR count). The molecule has 0 spiro atoms. The molecule has 15 heavy (non-hydrogen) atoms. The number of carbonyl (C=O) groups is 1. The molecule has 0 unspecified atom stereocenters. The third-order valence-electron chi connectivity index (χ3n) is 1.89. The highest BCUT2D eigenvalue weighted by Gasteiger charge is 2.17. The van der Waals surface area contributed by atoms with E-state index in [0.29, 0.717) is 6.61 Å². The summed E-state index contributed by atoms with van der Waals surface area (Å²) in [4.78, 5) is 11.2. The van der Waals surface area contributed by atoms with Gasteiger partial charge in [0.15, 0.2) is 11.6 Å². The molecule has 0 atom stereocenters. The van der Waals surface area contributed by atoms with Crippen LogP contribution in [-0.2, 0) is 4.74 Å². The van der Waals surface area contributed by atoms with E-state index in [1.54, 1.807) is 19.9 Å². The first-order valence-corrected chi connectivity index (χ1v) is 4.61. The summed E-state index contributed by atoms with van der Waals surface area (Å²) in [6.45, 7) is 3.86. The minimum atomic E-state index is -0.697. The Morgan fingerprint density at radius 2 is 2.13 bits per heavy atom. The fourth-order valence-electron chi connectivity index (χ4n) is 1.25. The molecule has 0 saturated carbocycles. The molecular formula is C11H13FO3. The second kappa shape index (κ2) is 4.77. The van der Waals surface area contributed by atoms with Crippen LogP contribution in [0.3, 0.4) is 0 Å². The highest BCUT2D eigenvalue weighted by atomic mass is 19.1. The Balaban J connectivity index is 3.21. The fraction of sp³-hybridized carbons (Fsp3) is 0.364. The topological polar surface area (TPSA) is 35.5 Å². The maximum atomic E-state index is 13.7. The summed E-state index contributed by atoms with van der Waals surface area (Å²) in [5.74, 6) is -1.29. The summed E-state index contributed by atoms with van der Waals surface area (Å²) in [6, 6.07) is 2.98. The molecule has 0 amide bonds. The molecule has 0 heterocycles. The summed E-state index contributed by atoms with van der Waals surface area (Å²) in [5.41, 5.74) is 0.654. The van der Waals surface area contributed by atoms with Crippen molar-refractivity contribution in [2.45, 2.75) is 13.8 Å². The molecule has 4 heteroatoms. The van der Waals surface area contributed by atoms with Gasteiger partial charge < -0.3 is 9.47 Å². The van der Waals surface area contributed by atoms with E-state index in [-0.39, 0.29) is 11.3 Å². The Labute approximate surface area is 87.8 Å². The third kappa shape index (κ3) is 2.46. The molecule has 0 aromatic heterocycles. The molecule has 3 nitrogen and oxygen atoms in total. The average molecular weight is 212 g/mol. The predicted molar refractivity (Wildman–Crippen MR) is 53.6 cm³/mol. The van der Waals surface area contributed by atoms with Crippen LogP contribution in [0.2, 0.25) is 0 Å². The number of carbonyl (C=O) groups excluding carboxylic acids is 1. The van der Waals surface area contributed by atoms with Gasteiger partial charge >= 0.3 is 5.97 Å². The van der Waals surface area contributed by atoms with Crippen LogP contribution in [0.25, 0.3) is 0 Å². The van der Waals surface area contributed by atoms with Crippen LogP contribution < -0.4 is 4.74 Å². The van der Waals surface area contributed by atoms with Gasteiger partial charge in [0.25, 0.3) is 0 Å². The van der Waals surface area contributed by atoms with Crippen molar-refractivity contribution in [3.63, 3.8) is 0 Å². The molecular weight excluding hydrogens is 199 g/mol. The molecule has 0 radical (unpaired) electrons. The van der Waals surface area contributed by atoms with Crippen LogP contribution >= 0.6 is 0 Å². The van der Waals surface area contributed by atoms with Crippen molar-refractivity contribution < 1.29 is 18.7 Å². The van der Waals surface area contributed by atoms with E-state index in [1.807, 2.05) is 0 Å². The summed E-state index contributed by atoms with van der Waals surface area (Å²) >= 11 is 0. The lowest BCUT2D eigenvalue weighted by molar-refractivity contribution is 0.0594. The van der Waals surface area contributed by atoms with Crippen LogP contribution in [0.4, 0.5) is 4.39 Å². The number of esters is 1. The molecule has 0 saturated heterocycles. The van der Waals surface area contributed by atoms with E-state index in [1.165, 1.54) is 13.2 Å². The molecule has 1 aromatic rings. The SMILES string of the molecule is CCOc1cc(C)cc(C(=O)OC)c1F. The second-order valence-electron chi connectivity index (χ2n) is 3.05. The van der Waals surface area contributed by atoms with E-state index in [4.69, 9.17) is 4.74 Å². The van der Waals surface area contributed by atoms with Crippen molar-refractivity contribution >= 4 is 5.97 Å². The van der Waals surface area contributed by atoms with Crippen molar-refractivity contribution in [1.29, 1.82) is 0 Å².